The highest BCUT2D eigenvalue weighted by atomic mass is 32.1. The number of methoxy groups -OCH3 is 1. The predicted octanol–water partition coefficient (Wildman–Crippen LogP) is 1.65. The van der Waals surface area contributed by atoms with Crippen molar-refractivity contribution >= 4 is 23.2 Å². The summed E-state index contributed by atoms with van der Waals surface area (Å²) in [5.74, 6) is 0.775. The van der Waals surface area contributed by atoms with Gasteiger partial charge in [-0.15, -0.1) is 11.3 Å². The second kappa shape index (κ2) is 5.78. The second-order valence-electron chi connectivity index (χ2n) is 8.76. The maximum Gasteiger partial charge on any atom is 0.258 e. The molecule has 0 bridgehead atoms. The molecule has 4 aliphatic rings. The van der Waals surface area contributed by atoms with Crippen LogP contribution in [0.5, 0.6) is 0 Å². The first kappa shape index (κ1) is 17.6. The van der Waals surface area contributed by atoms with Crippen molar-refractivity contribution in [3.8, 4) is 0 Å². The van der Waals surface area contributed by atoms with Crippen molar-refractivity contribution in [3.63, 3.8) is 0 Å². The first-order valence-corrected chi connectivity index (χ1v) is 10.7. The van der Waals surface area contributed by atoms with Crippen molar-refractivity contribution < 1.29 is 14.3 Å². The highest BCUT2D eigenvalue weighted by Gasteiger charge is 2.76. The lowest BCUT2D eigenvalue weighted by Crippen LogP contribution is -2.65. The molecule has 0 radical (unpaired) electrons. The standard InChI is InChI=1S/C20H27N3O3S/c1-12(24)22-8-13(9-22)23-10-16-19(11-23)7-3-4-15(19)20(16,26-2)17-6-5-14(27-17)18(21)25/h5-6,13,15-16H,3-4,7-11H2,1-2H3,(H2,21,25). The molecule has 1 spiro atoms. The Labute approximate surface area is 163 Å². The van der Waals surface area contributed by atoms with E-state index < -0.39 is 0 Å². The van der Waals surface area contributed by atoms with Gasteiger partial charge in [-0.2, -0.15) is 0 Å². The van der Waals surface area contributed by atoms with Crippen LogP contribution in [0.3, 0.4) is 0 Å². The van der Waals surface area contributed by atoms with Crippen LogP contribution in [0.1, 0.15) is 40.7 Å². The molecule has 4 fully saturated rings. The van der Waals surface area contributed by atoms with Crippen molar-refractivity contribution in [3.05, 3.63) is 21.9 Å². The molecule has 6 nitrogen and oxygen atoms in total. The number of rotatable bonds is 4. The van der Waals surface area contributed by atoms with Gasteiger partial charge in [0.1, 0.15) is 5.60 Å². The van der Waals surface area contributed by atoms with E-state index in [9.17, 15) is 9.59 Å². The van der Waals surface area contributed by atoms with Gasteiger partial charge in [-0.05, 0) is 30.4 Å². The van der Waals surface area contributed by atoms with E-state index in [0.717, 1.165) is 31.1 Å². The van der Waals surface area contributed by atoms with Crippen LogP contribution < -0.4 is 5.73 Å². The number of amides is 2. The number of hydrogen-bond donors (Lipinski definition) is 1. The number of likely N-dealkylation sites (tertiary alicyclic amines) is 2. The molecule has 5 rings (SSSR count). The summed E-state index contributed by atoms with van der Waals surface area (Å²) >= 11 is 1.51. The molecule has 7 heteroatoms. The van der Waals surface area contributed by atoms with Crippen molar-refractivity contribution in [1.29, 1.82) is 0 Å². The Balaban J connectivity index is 1.44. The minimum atomic E-state index is -0.360. The van der Waals surface area contributed by atoms with Crippen molar-refractivity contribution in [2.24, 2.45) is 23.0 Å². The maximum atomic E-state index is 11.6. The van der Waals surface area contributed by atoms with Crippen molar-refractivity contribution in [2.45, 2.75) is 37.8 Å². The number of ether oxygens (including phenoxy) is 1. The van der Waals surface area contributed by atoms with Gasteiger partial charge >= 0.3 is 0 Å². The smallest absolute Gasteiger partial charge is 0.258 e. The quantitative estimate of drug-likeness (QED) is 0.850. The maximum absolute atomic E-state index is 11.6. The average molecular weight is 390 g/mol. The molecule has 2 aliphatic carbocycles. The van der Waals surface area contributed by atoms with Gasteiger partial charge in [0, 0.05) is 63.0 Å². The fourth-order valence-electron chi connectivity index (χ4n) is 6.65. The zero-order chi connectivity index (χ0) is 19.0. The molecule has 27 heavy (non-hydrogen) atoms. The zero-order valence-electron chi connectivity index (χ0n) is 15.9. The Kier molecular flexibility index (Phi) is 3.78. The normalized spacial score (nSPS) is 38.2. The number of carbonyl (C=O) groups excluding carboxylic acids is 2. The molecule has 2 aliphatic heterocycles. The Bertz CT molecular complexity index is 804. The van der Waals surface area contributed by atoms with Crippen LogP contribution in [0, 0.1) is 17.3 Å². The summed E-state index contributed by atoms with van der Waals surface area (Å²) in [6.45, 7) is 5.50. The Morgan fingerprint density at radius 1 is 1.26 bits per heavy atom. The molecule has 2 N–H and O–H groups in total. The molecular weight excluding hydrogens is 362 g/mol. The first-order valence-electron chi connectivity index (χ1n) is 9.87. The van der Waals surface area contributed by atoms with Gasteiger partial charge in [0.25, 0.3) is 5.91 Å². The third-order valence-corrected chi connectivity index (χ3v) is 9.10. The number of nitrogens with zero attached hydrogens (tertiary/aromatic N) is 2. The number of primary amides is 1. The van der Waals surface area contributed by atoms with Gasteiger partial charge in [-0.3, -0.25) is 14.5 Å². The van der Waals surface area contributed by atoms with Gasteiger partial charge in [0.05, 0.1) is 4.88 Å². The molecule has 0 aromatic carbocycles. The topological polar surface area (TPSA) is 75.9 Å². The summed E-state index contributed by atoms with van der Waals surface area (Å²) in [6, 6.07) is 4.38. The SMILES string of the molecule is COC1(c2ccc(C(N)=O)s2)C2CCCC23CN(C2CN(C(C)=O)C2)CC31. The van der Waals surface area contributed by atoms with Crippen LogP contribution in [0.2, 0.25) is 0 Å². The van der Waals surface area contributed by atoms with Crippen LogP contribution >= 0.6 is 11.3 Å². The molecule has 146 valence electrons. The molecule has 4 atom stereocenters. The summed E-state index contributed by atoms with van der Waals surface area (Å²) < 4.78 is 6.28. The van der Waals surface area contributed by atoms with Gasteiger partial charge < -0.3 is 15.4 Å². The summed E-state index contributed by atoms with van der Waals surface area (Å²) in [4.78, 5) is 29.5. The third kappa shape index (κ3) is 2.13. The van der Waals surface area contributed by atoms with E-state index in [-0.39, 0.29) is 17.4 Å². The summed E-state index contributed by atoms with van der Waals surface area (Å²) in [7, 11) is 1.83. The van der Waals surface area contributed by atoms with E-state index in [4.69, 9.17) is 10.5 Å². The molecule has 1 aromatic rings. The van der Waals surface area contributed by atoms with Crippen LogP contribution in [0.4, 0.5) is 0 Å². The lowest BCUT2D eigenvalue weighted by molar-refractivity contribution is -0.240. The lowest BCUT2D eigenvalue weighted by Gasteiger charge is -2.62. The molecule has 1 aromatic heterocycles. The van der Waals surface area contributed by atoms with E-state index in [0.29, 0.717) is 28.2 Å². The van der Waals surface area contributed by atoms with E-state index in [1.54, 1.807) is 6.92 Å². The second-order valence-corrected chi connectivity index (χ2v) is 9.85. The molecule has 2 saturated heterocycles. The minimum Gasteiger partial charge on any atom is -0.372 e. The summed E-state index contributed by atoms with van der Waals surface area (Å²) in [5, 5.41) is 0. The fraction of sp³-hybridized carbons (Fsp3) is 0.700. The molecule has 4 unspecified atom stereocenters. The Hall–Kier alpha value is -1.44. The highest BCUT2D eigenvalue weighted by Crippen LogP contribution is 2.74. The molecular formula is C20H27N3O3S. The Morgan fingerprint density at radius 2 is 2.04 bits per heavy atom. The number of nitrogens with two attached hydrogens (primary N) is 1. The van der Waals surface area contributed by atoms with Gasteiger partial charge in [0.2, 0.25) is 5.91 Å². The molecule has 2 saturated carbocycles. The van der Waals surface area contributed by atoms with Crippen LogP contribution in [0.25, 0.3) is 0 Å². The third-order valence-electron chi connectivity index (χ3n) is 7.87. The average Bonchev–Trinajstić information content (AvgIpc) is 3.27. The Morgan fingerprint density at radius 3 is 2.67 bits per heavy atom. The van der Waals surface area contributed by atoms with Gasteiger partial charge in [-0.1, -0.05) is 6.42 Å². The summed E-state index contributed by atoms with van der Waals surface area (Å²) in [6.07, 6.45) is 3.70. The highest BCUT2D eigenvalue weighted by molar-refractivity contribution is 7.14. The van der Waals surface area contributed by atoms with Crippen LogP contribution in [-0.4, -0.2) is 60.9 Å². The number of thiophene rings is 1. The minimum absolute atomic E-state index is 0.175. The lowest BCUT2D eigenvalue weighted by atomic mass is 9.46. The molecule has 3 heterocycles. The monoisotopic (exact) mass is 389 g/mol. The van der Waals surface area contributed by atoms with Crippen molar-refractivity contribution in [2.75, 3.05) is 33.3 Å². The van der Waals surface area contributed by atoms with Gasteiger partial charge in [-0.25, -0.2) is 0 Å². The number of carbonyl (C=O) groups is 2. The van der Waals surface area contributed by atoms with Crippen LogP contribution in [0.15, 0.2) is 12.1 Å². The first-order chi connectivity index (χ1) is 12.9. The van der Waals surface area contributed by atoms with E-state index in [2.05, 4.69) is 11.0 Å². The van der Waals surface area contributed by atoms with E-state index >= 15 is 0 Å². The zero-order valence-corrected chi connectivity index (χ0v) is 16.8. The van der Waals surface area contributed by atoms with E-state index in [1.165, 1.54) is 30.6 Å². The largest absolute Gasteiger partial charge is 0.372 e. The van der Waals surface area contributed by atoms with Gasteiger partial charge in [0.15, 0.2) is 0 Å². The van der Waals surface area contributed by atoms with E-state index in [1.807, 2.05) is 18.1 Å². The predicted molar refractivity (Wildman–Crippen MR) is 102 cm³/mol. The number of hydrogen-bond acceptors (Lipinski definition) is 5. The van der Waals surface area contributed by atoms with Crippen molar-refractivity contribution in [1.82, 2.24) is 9.80 Å². The fourth-order valence-corrected chi connectivity index (χ4v) is 7.79. The van der Waals surface area contributed by atoms with Crippen LogP contribution in [-0.2, 0) is 15.1 Å². The molecule has 2 amide bonds. The summed E-state index contributed by atoms with van der Waals surface area (Å²) in [5.41, 5.74) is 5.55.